The van der Waals surface area contributed by atoms with Gasteiger partial charge in [-0.3, -0.25) is 4.79 Å². The van der Waals surface area contributed by atoms with Crippen LogP contribution < -0.4 is 0 Å². The average molecular weight is 335 g/mol. The minimum atomic E-state index is -1.07. The lowest BCUT2D eigenvalue weighted by atomic mass is 10.2. The van der Waals surface area contributed by atoms with E-state index in [2.05, 4.69) is 0 Å². The molecule has 1 atom stereocenters. The van der Waals surface area contributed by atoms with Gasteiger partial charge in [0.2, 0.25) is 0 Å². The number of aliphatic carboxylic acids is 1. The molecule has 1 aromatic carbocycles. The van der Waals surface area contributed by atoms with Crippen LogP contribution in [0.5, 0.6) is 0 Å². The fourth-order valence-corrected chi connectivity index (χ4v) is 3.34. The van der Waals surface area contributed by atoms with Gasteiger partial charge in [-0.25, -0.2) is 9.18 Å². The average Bonchev–Trinajstić information content (AvgIpc) is 3.05. The van der Waals surface area contributed by atoms with E-state index in [9.17, 15) is 14.0 Å². The molecule has 23 heavy (non-hydrogen) atoms. The number of thiophene rings is 1. The number of carbonyl (C=O) groups excluding carboxylic acids is 1. The summed E-state index contributed by atoms with van der Waals surface area (Å²) in [5.74, 6) is -1.59. The van der Waals surface area contributed by atoms with Crippen molar-refractivity contribution in [1.29, 1.82) is 0 Å². The van der Waals surface area contributed by atoms with Crippen LogP contribution in [0.1, 0.15) is 9.67 Å². The summed E-state index contributed by atoms with van der Waals surface area (Å²) in [6.45, 7) is 0.614. The highest BCUT2D eigenvalue weighted by Gasteiger charge is 2.30. The lowest BCUT2D eigenvalue weighted by molar-refractivity contribution is -0.154. The van der Waals surface area contributed by atoms with Gasteiger partial charge in [-0.05, 0) is 29.8 Å². The molecular weight excluding hydrogens is 321 g/mol. The number of morpholine rings is 1. The zero-order valence-electron chi connectivity index (χ0n) is 12.1. The normalized spacial score (nSPS) is 18.0. The molecule has 1 fully saturated rings. The summed E-state index contributed by atoms with van der Waals surface area (Å²) in [7, 11) is 0. The Morgan fingerprint density at radius 1 is 1.22 bits per heavy atom. The Balaban J connectivity index is 1.75. The summed E-state index contributed by atoms with van der Waals surface area (Å²) in [6.07, 6.45) is -0.982. The summed E-state index contributed by atoms with van der Waals surface area (Å²) in [4.78, 5) is 26.3. The van der Waals surface area contributed by atoms with Gasteiger partial charge in [-0.2, -0.15) is 0 Å². The van der Waals surface area contributed by atoms with E-state index in [-0.39, 0.29) is 24.9 Å². The number of carbonyl (C=O) groups is 2. The van der Waals surface area contributed by atoms with Crippen molar-refractivity contribution in [2.24, 2.45) is 0 Å². The van der Waals surface area contributed by atoms with Crippen molar-refractivity contribution >= 4 is 23.2 Å². The second-order valence-electron chi connectivity index (χ2n) is 5.12. The van der Waals surface area contributed by atoms with Crippen LogP contribution in [0, 0.1) is 5.82 Å². The van der Waals surface area contributed by atoms with Gasteiger partial charge >= 0.3 is 5.97 Å². The lowest BCUT2D eigenvalue weighted by Crippen LogP contribution is -2.48. The minimum Gasteiger partial charge on any atom is -0.479 e. The first-order chi connectivity index (χ1) is 11.0. The van der Waals surface area contributed by atoms with E-state index in [1.807, 2.05) is 0 Å². The number of halogens is 1. The topological polar surface area (TPSA) is 66.8 Å². The van der Waals surface area contributed by atoms with Crippen molar-refractivity contribution in [2.45, 2.75) is 6.10 Å². The van der Waals surface area contributed by atoms with E-state index in [1.165, 1.54) is 28.4 Å². The fourth-order valence-electron chi connectivity index (χ4n) is 2.36. The SMILES string of the molecule is O=C(O)[C@H]1CN(C(=O)c2ccc(-c3ccc(F)cc3)s2)CCO1. The summed E-state index contributed by atoms with van der Waals surface area (Å²) in [5.41, 5.74) is 0.834. The molecule has 0 unspecified atom stereocenters. The highest BCUT2D eigenvalue weighted by molar-refractivity contribution is 7.17. The Labute approximate surface area is 135 Å². The number of amides is 1. The molecule has 0 radical (unpaired) electrons. The molecule has 1 N–H and O–H groups in total. The second kappa shape index (κ2) is 6.47. The Morgan fingerprint density at radius 3 is 2.65 bits per heavy atom. The van der Waals surface area contributed by atoms with Crippen molar-refractivity contribution in [1.82, 2.24) is 4.90 Å². The Morgan fingerprint density at radius 2 is 1.96 bits per heavy atom. The number of benzene rings is 1. The van der Waals surface area contributed by atoms with Crippen LogP contribution >= 0.6 is 11.3 Å². The van der Waals surface area contributed by atoms with Crippen molar-refractivity contribution in [2.75, 3.05) is 19.7 Å². The quantitative estimate of drug-likeness (QED) is 0.936. The van der Waals surface area contributed by atoms with Gasteiger partial charge in [-0.1, -0.05) is 12.1 Å². The van der Waals surface area contributed by atoms with Crippen LogP contribution in [0.4, 0.5) is 4.39 Å². The first-order valence-electron chi connectivity index (χ1n) is 7.04. The van der Waals surface area contributed by atoms with Gasteiger partial charge < -0.3 is 14.7 Å². The summed E-state index contributed by atoms with van der Waals surface area (Å²) in [6, 6.07) is 9.57. The third kappa shape index (κ3) is 3.40. The number of carboxylic acids is 1. The van der Waals surface area contributed by atoms with E-state index in [1.54, 1.807) is 24.3 Å². The maximum Gasteiger partial charge on any atom is 0.334 e. The molecule has 1 saturated heterocycles. The zero-order chi connectivity index (χ0) is 16.4. The second-order valence-corrected chi connectivity index (χ2v) is 6.20. The molecule has 1 amide bonds. The summed E-state index contributed by atoms with van der Waals surface area (Å²) >= 11 is 1.30. The first kappa shape index (κ1) is 15.6. The molecule has 1 aromatic heterocycles. The zero-order valence-corrected chi connectivity index (χ0v) is 12.9. The molecule has 0 saturated carbocycles. The maximum atomic E-state index is 13.0. The third-order valence-corrected chi connectivity index (χ3v) is 4.70. The largest absolute Gasteiger partial charge is 0.479 e. The highest BCUT2D eigenvalue weighted by atomic mass is 32.1. The third-order valence-electron chi connectivity index (χ3n) is 3.57. The number of hydrogen-bond donors (Lipinski definition) is 1. The molecule has 120 valence electrons. The molecule has 2 aromatic rings. The molecule has 5 nitrogen and oxygen atoms in total. The predicted molar refractivity (Wildman–Crippen MR) is 83.0 cm³/mol. The van der Waals surface area contributed by atoms with Gasteiger partial charge in [0, 0.05) is 11.4 Å². The molecule has 0 bridgehead atoms. The fraction of sp³-hybridized carbons (Fsp3) is 0.250. The van der Waals surface area contributed by atoms with Gasteiger partial charge in [-0.15, -0.1) is 11.3 Å². The van der Waals surface area contributed by atoms with E-state index < -0.39 is 12.1 Å². The minimum absolute atomic E-state index is 0.0396. The number of carboxylic acid groups (broad SMARTS) is 1. The van der Waals surface area contributed by atoms with Crippen molar-refractivity contribution in [3.05, 3.63) is 47.1 Å². The van der Waals surface area contributed by atoms with E-state index in [4.69, 9.17) is 9.84 Å². The maximum absolute atomic E-state index is 13.0. The molecular formula is C16H14FNO4S. The van der Waals surface area contributed by atoms with Crippen LogP contribution in [0.3, 0.4) is 0 Å². The number of ether oxygens (including phenoxy) is 1. The molecule has 0 aliphatic carbocycles. The molecule has 2 heterocycles. The molecule has 7 heteroatoms. The van der Waals surface area contributed by atoms with Crippen LogP contribution in [-0.4, -0.2) is 47.7 Å². The van der Waals surface area contributed by atoms with Gasteiger partial charge in [0.25, 0.3) is 5.91 Å². The van der Waals surface area contributed by atoms with Crippen LogP contribution in [0.15, 0.2) is 36.4 Å². The van der Waals surface area contributed by atoms with Gasteiger partial charge in [0.1, 0.15) is 5.82 Å². The predicted octanol–water partition coefficient (Wildman–Crippen LogP) is 2.48. The molecule has 0 spiro atoms. The Hall–Kier alpha value is -2.25. The first-order valence-corrected chi connectivity index (χ1v) is 7.85. The van der Waals surface area contributed by atoms with Crippen molar-refractivity contribution in [3.63, 3.8) is 0 Å². The standard InChI is InChI=1S/C16H14FNO4S/c17-11-3-1-10(2-4-11)13-5-6-14(23-13)15(19)18-7-8-22-12(9-18)16(20)21/h1-6,12H,7-9H2,(H,20,21)/t12-/m1/s1. The van der Waals surface area contributed by atoms with Crippen LogP contribution in [0.2, 0.25) is 0 Å². The van der Waals surface area contributed by atoms with Crippen molar-refractivity contribution in [3.8, 4) is 10.4 Å². The summed E-state index contributed by atoms with van der Waals surface area (Å²) in [5, 5.41) is 8.99. The van der Waals surface area contributed by atoms with Crippen molar-refractivity contribution < 1.29 is 23.8 Å². The van der Waals surface area contributed by atoms with E-state index in [0.717, 1.165) is 10.4 Å². The van der Waals surface area contributed by atoms with Crippen LogP contribution in [-0.2, 0) is 9.53 Å². The Bertz CT molecular complexity index is 728. The van der Waals surface area contributed by atoms with E-state index >= 15 is 0 Å². The number of rotatable bonds is 3. The van der Waals surface area contributed by atoms with Crippen LogP contribution in [0.25, 0.3) is 10.4 Å². The lowest BCUT2D eigenvalue weighted by Gasteiger charge is -2.30. The Kier molecular flexibility index (Phi) is 4.40. The molecule has 3 rings (SSSR count). The van der Waals surface area contributed by atoms with Gasteiger partial charge in [0.15, 0.2) is 6.10 Å². The highest BCUT2D eigenvalue weighted by Crippen LogP contribution is 2.29. The monoisotopic (exact) mass is 335 g/mol. The smallest absolute Gasteiger partial charge is 0.334 e. The molecule has 1 aliphatic heterocycles. The van der Waals surface area contributed by atoms with E-state index in [0.29, 0.717) is 11.4 Å². The van der Waals surface area contributed by atoms with Gasteiger partial charge in [0.05, 0.1) is 18.0 Å². The molecule has 1 aliphatic rings. The number of nitrogens with zero attached hydrogens (tertiary/aromatic N) is 1. The summed E-state index contributed by atoms with van der Waals surface area (Å²) < 4.78 is 18.1. The number of hydrogen-bond acceptors (Lipinski definition) is 4.